The highest BCUT2D eigenvalue weighted by atomic mass is 19.1. The third-order valence-electron chi connectivity index (χ3n) is 4.71. The molecular formula is C17H25FN2O2. The molecule has 2 atom stereocenters. The molecule has 2 saturated heterocycles. The Kier molecular flexibility index (Phi) is 5.28. The molecule has 2 fully saturated rings. The Morgan fingerprint density at radius 3 is 3.05 bits per heavy atom. The third-order valence-corrected chi connectivity index (χ3v) is 4.71. The van der Waals surface area contributed by atoms with Crippen LogP contribution in [0.2, 0.25) is 0 Å². The fraction of sp³-hybridized carbons (Fsp3) is 0.647. The fourth-order valence-corrected chi connectivity index (χ4v) is 3.45. The number of fused-ring (bicyclic) bond motifs is 1. The van der Waals surface area contributed by atoms with E-state index in [2.05, 4.69) is 9.80 Å². The van der Waals surface area contributed by atoms with Gasteiger partial charge in [-0.25, -0.2) is 4.39 Å². The predicted molar refractivity (Wildman–Crippen MR) is 84.8 cm³/mol. The average molecular weight is 308 g/mol. The number of halogens is 1. The lowest BCUT2D eigenvalue weighted by Gasteiger charge is -2.39. The van der Waals surface area contributed by atoms with Gasteiger partial charge in [0.2, 0.25) is 0 Å². The lowest BCUT2D eigenvalue weighted by atomic mass is 9.93. The topological polar surface area (TPSA) is 24.9 Å². The van der Waals surface area contributed by atoms with Gasteiger partial charge in [0.25, 0.3) is 0 Å². The number of rotatable bonds is 4. The van der Waals surface area contributed by atoms with Crippen LogP contribution in [-0.2, 0) is 9.47 Å². The van der Waals surface area contributed by atoms with Gasteiger partial charge in [-0.15, -0.1) is 0 Å². The summed E-state index contributed by atoms with van der Waals surface area (Å²) in [4.78, 5) is 4.68. The Balaban J connectivity index is 1.61. The van der Waals surface area contributed by atoms with Gasteiger partial charge in [-0.2, -0.15) is 0 Å². The van der Waals surface area contributed by atoms with Crippen LogP contribution in [-0.4, -0.2) is 64.1 Å². The van der Waals surface area contributed by atoms with Crippen molar-refractivity contribution in [1.82, 2.24) is 4.90 Å². The van der Waals surface area contributed by atoms with Crippen LogP contribution in [0.1, 0.15) is 6.42 Å². The summed E-state index contributed by atoms with van der Waals surface area (Å²) in [5, 5.41) is 0. The first kappa shape index (κ1) is 15.7. The summed E-state index contributed by atoms with van der Waals surface area (Å²) in [6, 6.07) is 6.86. The minimum Gasteiger partial charge on any atom is -0.383 e. The molecule has 0 N–H and O–H groups in total. The molecule has 0 radical (unpaired) electrons. The molecule has 2 aliphatic heterocycles. The van der Waals surface area contributed by atoms with Crippen molar-refractivity contribution in [2.45, 2.75) is 12.5 Å². The van der Waals surface area contributed by atoms with E-state index in [0.717, 1.165) is 58.0 Å². The Morgan fingerprint density at radius 1 is 1.32 bits per heavy atom. The van der Waals surface area contributed by atoms with E-state index >= 15 is 0 Å². The molecule has 2 aliphatic rings. The number of hydrogen-bond acceptors (Lipinski definition) is 4. The summed E-state index contributed by atoms with van der Waals surface area (Å²) in [6.45, 7) is 6.37. The summed E-state index contributed by atoms with van der Waals surface area (Å²) in [5.41, 5.74) is 0.961. The highest BCUT2D eigenvalue weighted by molar-refractivity contribution is 5.47. The molecule has 4 nitrogen and oxygen atoms in total. The smallest absolute Gasteiger partial charge is 0.125 e. The van der Waals surface area contributed by atoms with Crippen LogP contribution in [0.3, 0.4) is 0 Å². The van der Waals surface area contributed by atoms with Crippen LogP contribution < -0.4 is 4.90 Å². The number of nitrogens with zero attached hydrogens (tertiary/aromatic N) is 2. The lowest BCUT2D eigenvalue weighted by Crippen LogP contribution is -2.47. The molecule has 2 heterocycles. The number of methoxy groups -OCH3 is 1. The maximum absolute atomic E-state index is 13.4. The quantitative estimate of drug-likeness (QED) is 0.849. The molecule has 122 valence electrons. The van der Waals surface area contributed by atoms with Gasteiger partial charge >= 0.3 is 0 Å². The molecular weight excluding hydrogens is 283 g/mol. The maximum Gasteiger partial charge on any atom is 0.125 e. The minimum atomic E-state index is -0.174. The Morgan fingerprint density at radius 2 is 2.23 bits per heavy atom. The van der Waals surface area contributed by atoms with Crippen molar-refractivity contribution in [2.75, 3.05) is 57.9 Å². The van der Waals surface area contributed by atoms with Gasteiger partial charge < -0.3 is 14.4 Å². The van der Waals surface area contributed by atoms with Crippen molar-refractivity contribution in [3.63, 3.8) is 0 Å². The van der Waals surface area contributed by atoms with E-state index in [1.807, 2.05) is 6.07 Å². The van der Waals surface area contributed by atoms with Crippen molar-refractivity contribution < 1.29 is 13.9 Å². The van der Waals surface area contributed by atoms with Gasteiger partial charge in [0.1, 0.15) is 5.82 Å². The van der Waals surface area contributed by atoms with Crippen molar-refractivity contribution >= 4 is 5.69 Å². The summed E-state index contributed by atoms with van der Waals surface area (Å²) < 4.78 is 24.7. The van der Waals surface area contributed by atoms with E-state index in [1.165, 1.54) is 6.07 Å². The summed E-state index contributed by atoms with van der Waals surface area (Å²) in [7, 11) is 1.74. The third kappa shape index (κ3) is 3.77. The monoisotopic (exact) mass is 308 g/mol. The Labute approximate surface area is 131 Å². The SMILES string of the molecule is COCCN1CCO[C@@H]2CN(c3cccc(F)c3)CC[C@@H]2C1. The predicted octanol–water partition coefficient (Wildman–Crippen LogP) is 2.00. The first-order chi connectivity index (χ1) is 10.8. The second-order valence-electron chi connectivity index (χ2n) is 6.18. The second-order valence-corrected chi connectivity index (χ2v) is 6.18. The standard InChI is InChI=1S/C17H25FN2O2/c1-21-9-7-19-8-10-22-17-13-20(6-5-14(17)12-19)16-4-2-3-15(18)11-16/h2-4,11,14,17H,5-10,12-13H2,1H3/t14-,17-/m1/s1. The molecule has 0 aromatic heterocycles. The molecule has 0 spiro atoms. The lowest BCUT2D eigenvalue weighted by molar-refractivity contribution is 0.0253. The molecule has 5 heteroatoms. The zero-order valence-corrected chi connectivity index (χ0v) is 13.2. The Hall–Kier alpha value is -1.17. The molecule has 0 aliphatic carbocycles. The first-order valence-electron chi connectivity index (χ1n) is 8.09. The zero-order chi connectivity index (χ0) is 15.4. The van der Waals surface area contributed by atoms with Gasteiger partial charge in [0.05, 0.1) is 19.3 Å². The van der Waals surface area contributed by atoms with E-state index in [9.17, 15) is 4.39 Å². The van der Waals surface area contributed by atoms with Gasteiger partial charge in [0.15, 0.2) is 0 Å². The second kappa shape index (κ2) is 7.40. The number of hydrogen-bond donors (Lipinski definition) is 0. The van der Waals surface area contributed by atoms with Crippen LogP contribution in [0.4, 0.5) is 10.1 Å². The average Bonchev–Trinajstić information content (AvgIpc) is 2.74. The van der Waals surface area contributed by atoms with Crippen molar-refractivity contribution in [1.29, 1.82) is 0 Å². The number of benzene rings is 1. The molecule has 0 saturated carbocycles. The maximum atomic E-state index is 13.4. The molecule has 1 aromatic rings. The minimum absolute atomic E-state index is 0.174. The molecule has 0 bridgehead atoms. The number of piperidine rings is 1. The largest absolute Gasteiger partial charge is 0.383 e. The van der Waals surface area contributed by atoms with Crippen molar-refractivity contribution in [2.24, 2.45) is 5.92 Å². The number of ether oxygens (including phenoxy) is 2. The van der Waals surface area contributed by atoms with E-state index in [0.29, 0.717) is 5.92 Å². The van der Waals surface area contributed by atoms with Gasteiger partial charge in [-0.05, 0) is 24.6 Å². The van der Waals surface area contributed by atoms with Crippen LogP contribution in [0.25, 0.3) is 0 Å². The molecule has 0 amide bonds. The van der Waals surface area contributed by atoms with Crippen molar-refractivity contribution in [3.05, 3.63) is 30.1 Å². The van der Waals surface area contributed by atoms with Crippen LogP contribution in [0.15, 0.2) is 24.3 Å². The normalized spacial score (nSPS) is 26.5. The van der Waals surface area contributed by atoms with Gasteiger partial charge in [0, 0.05) is 51.4 Å². The Bertz CT molecular complexity index is 485. The van der Waals surface area contributed by atoms with Crippen molar-refractivity contribution in [3.8, 4) is 0 Å². The first-order valence-corrected chi connectivity index (χ1v) is 8.09. The molecule has 22 heavy (non-hydrogen) atoms. The van der Waals surface area contributed by atoms with Crippen LogP contribution in [0.5, 0.6) is 0 Å². The highest BCUT2D eigenvalue weighted by Gasteiger charge is 2.33. The van der Waals surface area contributed by atoms with E-state index in [-0.39, 0.29) is 11.9 Å². The highest BCUT2D eigenvalue weighted by Crippen LogP contribution is 2.27. The van der Waals surface area contributed by atoms with Crippen LogP contribution in [0, 0.1) is 11.7 Å². The molecule has 0 unspecified atom stereocenters. The summed E-state index contributed by atoms with van der Waals surface area (Å²) in [5.74, 6) is 0.385. The molecule has 3 rings (SSSR count). The molecule has 1 aromatic carbocycles. The van der Waals surface area contributed by atoms with Gasteiger partial charge in [-0.3, -0.25) is 4.90 Å². The van der Waals surface area contributed by atoms with E-state index < -0.39 is 0 Å². The zero-order valence-electron chi connectivity index (χ0n) is 13.2. The van der Waals surface area contributed by atoms with E-state index in [1.54, 1.807) is 19.2 Å². The van der Waals surface area contributed by atoms with Gasteiger partial charge in [-0.1, -0.05) is 6.07 Å². The van der Waals surface area contributed by atoms with E-state index in [4.69, 9.17) is 9.47 Å². The summed E-state index contributed by atoms with van der Waals surface area (Å²) >= 11 is 0. The number of anilines is 1. The van der Waals surface area contributed by atoms with Crippen LogP contribution >= 0.6 is 0 Å². The fourth-order valence-electron chi connectivity index (χ4n) is 3.45. The summed E-state index contributed by atoms with van der Waals surface area (Å²) in [6.07, 6.45) is 1.33.